The van der Waals surface area contributed by atoms with E-state index in [0.29, 0.717) is 12.3 Å². The molecule has 0 saturated carbocycles. The third kappa shape index (κ3) is 3.39. The number of nitrogens with zero attached hydrogens (tertiary/aromatic N) is 1. The second-order valence-electron chi connectivity index (χ2n) is 6.75. The van der Waals surface area contributed by atoms with Crippen LogP contribution in [0.4, 0.5) is 5.69 Å². The summed E-state index contributed by atoms with van der Waals surface area (Å²) >= 11 is 0. The number of likely N-dealkylation sites (tertiary alicyclic amines) is 1. The summed E-state index contributed by atoms with van der Waals surface area (Å²) in [5.41, 5.74) is 7.84. The quantitative estimate of drug-likeness (QED) is 0.681. The van der Waals surface area contributed by atoms with Gasteiger partial charge < -0.3 is 10.5 Å². The number of carbonyl (C=O) groups excluding carboxylic acids is 1. The van der Waals surface area contributed by atoms with Crippen LogP contribution in [0.15, 0.2) is 48.6 Å². The van der Waals surface area contributed by atoms with E-state index in [-0.39, 0.29) is 11.5 Å². The van der Waals surface area contributed by atoms with E-state index in [2.05, 4.69) is 41.3 Å². The Hall–Kier alpha value is -2.07. The van der Waals surface area contributed by atoms with Gasteiger partial charge in [-0.05, 0) is 56.0 Å². The Labute approximate surface area is 144 Å². The summed E-state index contributed by atoms with van der Waals surface area (Å²) in [4.78, 5) is 14.1. The van der Waals surface area contributed by atoms with E-state index in [4.69, 9.17) is 10.5 Å². The van der Waals surface area contributed by atoms with Crippen LogP contribution in [0.2, 0.25) is 0 Å². The molecule has 1 aliphatic heterocycles. The molecule has 1 atom stereocenters. The Balaban J connectivity index is 1.76. The molecule has 0 radical (unpaired) electrons. The van der Waals surface area contributed by atoms with Gasteiger partial charge in [-0.25, -0.2) is 0 Å². The molecule has 2 aliphatic rings. The highest BCUT2D eigenvalue weighted by Gasteiger charge is 2.38. The van der Waals surface area contributed by atoms with Crippen LogP contribution >= 0.6 is 0 Å². The van der Waals surface area contributed by atoms with Gasteiger partial charge in [-0.2, -0.15) is 0 Å². The molecule has 4 heteroatoms. The number of rotatable bonds is 4. The molecule has 1 fully saturated rings. The molecule has 1 unspecified atom stereocenters. The first-order valence-corrected chi connectivity index (χ1v) is 8.66. The lowest BCUT2D eigenvalue weighted by Crippen LogP contribution is -2.49. The number of methoxy groups -OCH3 is 1. The van der Waals surface area contributed by atoms with Crippen molar-refractivity contribution in [2.24, 2.45) is 5.92 Å². The zero-order valence-electron chi connectivity index (χ0n) is 14.3. The lowest BCUT2D eigenvalue weighted by Gasteiger charge is -2.46. The van der Waals surface area contributed by atoms with E-state index in [9.17, 15) is 4.79 Å². The normalized spacial score (nSPS) is 24.9. The van der Waals surface area contributed by atoms with Gasteiger partial charge in [0.1, 0.15) is 0 Å². The fourth-order valence-corrected chi connectivity index (χ4v) is 3.87. The standard InChI is InChI=1S/C20H26N2O2/c1-24-19(23)15-16-9-13-22(14-10-16)20(11-3-2-4-12-20)17-5-7-18(21)8-6-17/h2-8,11,16H,9-10,12-15,21H2,1H3. The maximum absolute atomic E-state index is 11.5. The Morgan fingerprint density at radius 3 is 2.54 bits per heavy atom. The maximum atomic E-state index is 11.5. The second kappa shape index (κ2) is 7.22. The Kier molecular flexibility index (Phi) is 5.05. The van der Waals surface area contributed by atoms with Crippen molar-refractivity contribution >= 4 is 11.7 Å². The molecule has 1 saturated heterocycles. The molecule has 1 aromatic rings. The summed E-state index contributed by atoms with van der Waals surface area (Å²) < 4.78 is 4.81. The number of piperidine rings is 1. The number of allylic oxidation sites excluding steroid dienone is 2. The highest BCUT2D eigenvalue weighted by molar-refractivity contribution is 5.69. The van der Waals surface area contributed by atoms with E-state index < -0.39 is 0 Å². The zero-order chi connectivity index (χ0) is 17.0. The van der Waals surface area contributed by atoms with Crippen LogP contribution in [0.25, 0.3) is 0 Å². The van der Waals surface area contributed by atoms with Crippen molar-refractivity contribution in [1.29, 1.82) is 0 Å². The molecule has 2 N–H and O–H groups in total. The first-order chi connectivity index (χ1) is 11.6. The van der Waals surface area contributed by atoms with Crippen molar-refractivity contribution in [3.05, 3.63) is 54.1 Å². The maximum Gasteiger partial charge on any atom is 0.305 e. The lowest BCUT2D eigenvalue weighted by molar-refractivity contribution is -0.142. The van der Waals surface area contributed by atoms with Crippen molar-refractivity contribution < 1.29 is 9.53 Å². The molecule has 1 aromatic carbocycles. The fourth-order valence-electron chi connectivity index (χ4n) is 3.87. The number of hydrogen-bond donors (Lipinski definition) is 1. The summed E-state index contributed by atoms with van der Waals surface area (Å²) in [6, 6.07) is 8.24. The molecule has 1 heterocycles. The van der Waals surface area contributed by atoms with Crippen LogP contribution in [-0.2, 0) is 15.1 Å². The highest BCUT2D eigenvalue weighted by Crippen LogP contribution is 2.39. The van der Waals surface area contributed by atoms with Gasteiger partial charge in [0.2, 0.25) is 0 Å². The molecule has 0 amide bonds. The number of benzene rings is 1. The highest BCUT2D eigenvalue weighted by atomic mass is 16.5. The first-order valence-electron chi connectivity index (χ1n) is 8.66. The number of anilines is 1. The number of ether oxygens (including phenoxy) is 1. The minimum Gasteiger partial charge on any atom is -0.469 e. The predicted octanol–water partition coefficient (Wildman–Crippen LogP) is 3.26. The topological polar surface area (TPSA) is 55.6 Å². The molecule has 4 nitrogen and oxygen atoms in total. The number of carbonyl (C=O) groups is 1. The summed E-state index contributed by atoms with van der Waals surface area (Å²) in [6.07, 6.45) is 12.4. The first kappa shape index (κ1) is 16.8. The van der Waals surface area contributed by atoms with Crippen molar-refractivity contribution in [1.82, 2.24) is 4.90 Å². The van der Waals surface area contributed by atoms with Crippen LogP contribution in [0.5, 0.6) is 0 Å². The van der Waals surface area contributed by atoms with Gasteiger partial charge in [0.05, 0.1) is 12.6 Å². The van der Waals surface area contributed by atoms with Crippen LogP contribution in [0.3, 0.4) is 0 Å². The van der Waals surface area contributed by atoms with Gasteiger partial charge >= 0.3 is 5.97 Å². The molecule has 0 bridgehead atoms. The van der Waals surface area contributed by atoms with E-state index in [1.165, 1.54) is 12.7 Å². The third-order valence-corrected chi connectivity index (χ3v) is 5.32. The van der Waals surface area contributed by atoms with Gasteiger partial charge in [0.15, 0.2) is 0 Å². The summed E-state index contributed by atoms with van der Waals surface area (Å²) in [7, 11) is 1.47. The van der Waals surface area contributed by atoms with Crippen LogP contribution in [0.1, 0.15) is 31.2 Å². The van der Waals surface area contributed by atoms with Crippen molar-refractivity contribution in [3.8, 4) is 0 Å². The van der Waals surface area contributed by atoms with E-state index in [0.717, 1.165) is 38.0 Å². The van der Waals surface area contributed by atoms with E-state index >= 15 is 0 Å². The van der Waals surface area contributed by atoms with Gasteiger partial charge in [-0.3, -0.25) is 9.69 Å². The number of nitrogen functional groups attached to an aromatic ring is 1. The molecule has 1 aliphatic carbocycles. The molecule has 24 heavy (non-hydrogen) atoms. The second-order valence-corrected chi connectivity index (χ2v) is 6.75. The number of hydrogen-bond acceptors (Lipinski definition) is 4. The monoisotopic (exact) mass is 326 g/mol. The summed E-state index contributed by atoms with van der Waals surface area (Å²) in [6.45, 7) is 1.98. The van der Waals surface area contributed by atoms with E-state index in [1.807, 2.05) is 12.1 Å². The lowest BCUT2D eigenvalue weighted by atomic mass is 9.79. The summed E-state index contributed by atoms with van der Waals surface area (Å²) in [5, 5.41) is 0. The van der Waals surface area contributed by atoms with Gasteiger partial charge in [-0.1, -0.05) is 36.4 Å². The Bertz CT molecular complexity index is 628. The van der Waals surface area contributed by atoms with Crippen molar-refractivity contribution in [2.45, 2.75) is 31.2 Å². The molecular weight excluding hydrogens is 300 g/mol. The Morgan fingerprint density at radius 2 is 1.96 bits per heavy atom. The summed E-state index contributed by atoms with van der Waals surface area (Å²) in [5.74, 6) is 0.336. The van der Waals surface area contributed by atoms with Gasteiger partial charge in [-0.15, -0.1) is 0 Å². The van der Waals surface area contributed by atoms with Crippen LogP contribution < -0.4 is 5.73 Å². The number of esters is 1. The molecular formula is C20H26N2O2. The van der Waals surface area contributed by atoms with Gasteiger partial charge in [0.25, 0.3) is 0 Å². The molecule has 3 rings (SSSR count). The average molecular weight is 326 g/mol. The van der Waals surface area contributed by atoms with E-state index in [1.54, 1.807) is 0 Å². The molecule has 128 valence electrons. The van der Waals surface area contributed by atoms with Crippen LogP contribution in [-0.4, -0.2) is 31.1 Å². The average Bonchev–Trinajstić information content (AvgIpc) is 2.63. The van der Waals surface area contributed by atoms with Crippen molar-refractivity contribution in [3.63, 3.8) is 0 Å². The Morgan fingerprint density at radius 1 is 1.25 bits per heavy atom. The number of nitrogens with two attached hydrogens (primary N) is 1. The van der Waals surface area contributed by atoms with Gasteiger partial charge in [0, 0.05) is 12.1 Å². The smallest absolute Gasteiger partial charge is 0.305 e. The minimum atomic E-state index is -0.0985. The largest absolute Gasteiger partial charge is 0.469 e. The minimum absolute atomic E-state index is 0.0952. The van der Waals surface area contributed by atoms with Crippen LogP contribution in [0, 0.1) is 5.92 Å². The fraction of sp³-hybridized carbons (Fsp3) is 0.450. The molecule has 0 aromatic heterocycles. The third-order valence-electron chi connectivity index (χ3n) is 5.32. The zero-order valence-corrected chi connectivity index (χ0v) is 14.3. The predicted molar refractivity (Wildman–Crippen MR) is 96.4 cm³/mol. The SMILES string of the molecule is COC(=O)CC1CCN(C2(c3ccc(N)cc3)C=CC=CC2)CC1. The van der Waals surface area contributed by atoms with Crippen molar-refractivity contribution in [2.75, 3.05) is 25.9 Å². The molecule has 0 spiro atoms.